The average Bonchev–Trinajstić information content (AvgIpc) is 2.70. The van der Waals surface area contributed by atoms with Gasteiger partial charge in [0.15, 0.2) is 0 Å². The molecule has 2 aromatic rings. The van der Waals surface area contributed by atoms with E-state index in [1.165, 1.54) is 5.56 Å². The molecule has 0 amide bonds. The quantitative estimate of drug-likeness (QED) is 0.523. The first kappa shape index (κ1) is 23.4. The van der Waals surface area contributed by atoms with Crippen LogP contribution in [0.25, 0.3) is 0 Å². The van der Waals surface area contributed by atoms with Gasteiger partial charge in [-0.05, 0) is 56.3 Å². The standard InChI is InChI=1S/C21H30NO6P/c1-22(2)15-20(28-29(23,24)26-4)16-27-21-11-6-5-9-18(21)13-12-17-8-7-10-19(14-17)25-3/h5-11,14,20H,12-13,15-16H2,1-4H3,(H,23,24). The second kappa shape index (κ2) is 11.3. The van der Waals surface area contributed by atoms with Crippen LogP contribution >= 0.6 is 7.82 Å². The number of benzene rings is 2. The molecule has 0 aliphatic heterocycles. The van der Waals surface area contributed by atoms with Crippen LogP contribution < -0.4 is 9.47 Å². The maximum atomic E-state index is 11.8. The molecule has 1 N–H and O–H groups in total. The summed E-state index contributed by atoms with van der Waals surface area (Å²) >= 11 is 0. The third-order valence-corrected chi connectivity index (χ3v) is 5.32. The van der Waals surface area contributed by atoms with Crippen molar-refractivity contribution in [2.24, 2.45) is 0 Å². The zero-order chi connectivity index (χ0) is 21.3. The Morgan fingerprint density at radius 1 is 1.07 bits per heavy atom. The van der Waals surface area contributed by atoms with Gasteiger partial charge in [-0.15, -0.1) is 0 Å². The summed E-state index contributed by atoms with van der Waals surface area (Å²) in [5.41, 5.74) is 2.23. The van der Waals surface area contributed by atoms with E-state index in [0.29, 0.717) is 6.54 Å². The average molecular weight is 423 g/mol. The number of likely N-dealkylation sites (N-methyl/N-ethyl adjacent to an activating group) is 1. The minimum Gasteiger partial charge on any atom is -0.497 e. The van der Waals surface area contributed by atoms with Crippen LogP contribution in [0.4, 0.5) is 0 Å². The zero-order valence-electron chi connectivity index (χ0n) is 17.4. The number of nitrogens with zero attached hydrogens (tertiary/aromatic N) is 1. The van der Waals surface area contributed by atoms with Crippen LogP contribution in [-0.4, -0.2) is 57.4 Å². The molecule has 0 saturated carbocycles. The molecule has 0 fully saturated rings. The van der Waals surface area contributed by atoms with Gasteiger partial charge in [0.1, 0.15) is 24.2 Å². The summed E-state index contributed by atoms with van der Waals surface area (Å²) in [7, 11) is 2.41. The second-order valence-electron chi connectivity index (χ2n) is 6.91. The van der Waals surface area contributed by atoms with Crippen LogP contribution in [0, 0.1) is 0 Å². The van der Waals surface area contributed by atoms with Crippen molar-refractivity contribution in [1.29, 1.82) is 0 Å². The van der Waals surface area contributed by atoms with Crippen LogP contribution in [0.3, 0.4) is 0 Å². The molecule has 0 heterocycles. The molecule has 160 valence electrons. The van der Waals surface area contributed by atoms with E-state index in [9.17, 15) is 9.46 Å². The van der Waals surface area contributed by atoms with Crippen molar-refractivity contribution in [2.45, 2.75) is 18.9 Å². The zero-order valence-corrected chi connectivity index (χ0v) is 18.3. The molecular formula is C21H30NO6P. The fraction of sp³-hybridized carbons (Fsp3) is 0.429. The molecular weight excluding hydrogens is 393 g/mol. The molecule has 0 saturated heterocycles. The molecule has 29 heavy (non-hydrogen) atoms. The summed E-state index contributed by atoms with van der Waals surface area (Å²) in [5, 5.41) is 0. The van der Waals surface area contributed by atoms with Crippen molar-refractivity contribution in [1.82, 2.24) is 4.90 Å². The highest BCUT2D eigenvalue weighted by Crippen LogP contribution is 2.43. The van der Waals surface area contributed by atoms with Gasteiger partial charge in [0.05, 0.1) is 7.11 Å². The highest BCUT2D eigenvalue weighted by atomic mass is 31.2. The van der Waals surface area contributed by atoms with E-state index in [1.54, 1.807) is 7.11 Å². The van der Waals surface area contributed by atoms with Gasteiger partial charge in [-0.25, -0.2) is 4.57 Å². The van der Waals surface area contributed by atoms with Crippen LogP contribution in [0.2, 0.25) is 0 Å². The number of aryl methyl sites for hydroxylation is 2. The topological polar surface area (TPSA) is 77.5 Å². The lowest BCUT2D eigenvalue weighted by Crippen LogP contribution is -2.33. The lowest BCUT2D eigenvalue weighted by Gasteiger charge is -2.23. The van der Waals surface area contributed by atoms with Gasteiger partial charge < -0.3 is 19.3 Å². The lowest BCUT2D eigenvalue weighted by molar-refractivity contribution is 0.0639. The van der Waals surface area contributed by atoms with Crippen LogP contribution in [-0.2, 0) is 26.5 Å². The van der Waals surface area contributed by atoms with Gasteiger partial charge in [0.25, 0.3) is 0 Å². The molecule has 8 heteroatoms. The molecule has 0 aromatic heterocycles. The van der Waals surface area contributed by atoms with Crippen molar-refractivity contribution in [3.63, 3.8) is 0 Å². The molecule has 2 aromatic carbocycles. The Morgan fingerprint density at radius 2 is 1.83 bits per heavy atom. The monoisotopic (exact) mass is 423 g/mol. The largest absolute Gasteiger partial charge is 0.497 e. The summed E-state index contributed by atoms with van der Waals surface area (Å²) in [6.07, 6.45) is 1.01. The first-order valence-electron chi connectivity index (χ1n) is 9.38. The van der Waals surface area contributed by atoms with Gasteiger partial charge in [0, 0.05) is 13.7 Å². The summed E-state index contributed by atoms with van der Waals surface area (Å²) in [5.74, 6) is 1.57. The summed E-state index contributed by atoms with van der Waals surface area (Å²) in [6.45, 7) is 0.544. The van der Waals surface area contributed by atoms with Crippen molar-refractivity contribution in [3.8, 4) is 11.5 Å². The predicted octanol–water partition coefficient (Wildman–Crippen LogP) is 3.55. The Hall–Kier alpha value is -1.89. The summed E-state index contributed by atoms with van der Waals surface area (Å²) in [4.78, 5) is 11.5. The minimum absolute atomic E-state index is 0.127. The van der Waals surface area contributed by atoms with Gasteiger partial charge >= 0.3 is 7.82 Å². The number of hydrogen-bond acceptors (Lipinski definition) is 6. The molecule has 0 aliphatic rings. The predicted molar refractivity (Wildman–Crippen MR) is 113 cm³/mol. The normalized spacial score (nSPS) is 14.4. The molecule has 2 rings (SSSR count). The van der Waals surface area contributed by atoms with E-state index >= 15 is 0 Å². The summed E-state index contributed by atoms with van der Waals surface area (Å²) < 4.78 is 32.8. The van der Waals surface area contributed by atoms with Crippen LogP contribution in [0.1, 0.15) is 11.1 Å². The first-order chi connectivity index (χ1) is 13.8. The Kier molecular flexibility index (Phi) is 9.14. The Labute approximate surface area is 172 Å². The number of rotatable bonds is 12. The Morgan fingerprint density at radius 3 is 2.52 bits per heavy atom. The second-order valence-corrected chi connectivity index (χ2v) is 8.42. The smallest absolute Gasteiger partial charge is 0.472 e. The third kappa shape index (κ3) is 8.17. The third-order valence-electron chi connectivity index (χ3n) is 4.30. The maximum absolute atomic E-state index is 11.8. The number of phosphoric acid groups is 1. The number of para-hydroxylation sites is 1. The van der Waals surface area contributed by atoms with Crippen molar-refractivity contribution >= 4 is 7.82 Å². The fourth-order valence-corrected chi connectivity index (χ4v) is 3.49. The Bertz CT molecular complexity index is 813. The minimum atomic E-state index is -4.10. The number of ether oxygens (including phenoxy) is 2. The highest BCUT2D eigenvalue weighted by molar-refractivity contribution is 7.47. The van der Waals surface area contributed by atoms with Gasteiger partial charge in [-0.1, -0.05) is 30.3 Å². The molecule has 0 aliphatic carbocycles. The van der Waals surface area contributed by atoms with Crippen molar-refractivity contribution < 1.29 is 28.0 Å². The van der Waals surface area contributed by atoms with Crippen molar-refractivity contribution in [2.75, 3.05) is 41.5 Å². The van der Waals surface area contributed by atoms with E-state index in [4.69, 9.17) is 14.0 Å². The fourth-order valence-electron chi connectivity index (χ4n) is 2.90. The number of phosphoric ester groups is 1. The SMILES string of the molecule is COc1cccc(CCc2ccccc2OCC(CN(C)C)OP(=O)(O)OC)c1. The molecule has 0 bridgehead atoms. The van der Waals surface area contributed by atoms with E-state index in [2.05, 4.69) is 10.6 Å². The van der Waals surface area contributed by atoms with E-state index < -0.39 is 13.9 Å². The molecule has 0 radical (unpaired) electrons. The Balaban J connectivity index is 2.03. The molecule has 7 nitrogen and oxygen atoms in total. The number of hydrogen-bond donors (Lipinski definition) is 1. The van der Waals surface area contributed by atoms with Gasteiger partial charge in [0.2, 0.25) is 0 Å². The lowest BCUT2D eigenvalue weighted by atomic mass is 10.0. The van der Waals surface area contributed by atoms with Gasteiger partial charge in [-0.2, -0.15) is 0 Å². The first-order valence-corrected chi connectivity index (χ1v) is 10.9. The van der Waals surface area contributed by atoms with Crippen LogP contribution in [0.15, 0.2) is 48.5 Å². The van der Waals surface area contributed by atoms with E-state index in [1.807, 2.05) is 61.5 Å². The van der Waals surface area contributed by atoms with Crippen LogP contribution in [0.5, 0.6) is 11.5 Å². The molecule has 0 spiro atoms. The highest BCUT2D eigenvalue weighted by Gasteiger charge is 2.26. The van der Waals surface area contributed by atoms with Crippen molar-refractivity contribution in [3.05, 3.63) is 59.7 Å². The summed E-state index contributed by atoms with van der Waals surface area (Å²) in [6, 6.07) is 15.8. The molecule has 2 unspecified atom stereocenters. The molecule has 2 atom stereocenters. The number of methoxy groups -OCH3 is 1. The van der Waals surface area contributed by atoms with E-state index in [0.717, 1.165) is 37.0 Å². The van der Waals surface area contributed by atoms with Gasteiger partial charge in [-0.3, -0.25) is 9.05 Å². The van der Waals surface area contributed by atoms with E-state index in [-0.39, 0.29) is 6.61 Å². The maximum Gasteiger partial charge on any atom is 0.472 e.